The van der Waals surface area contributed by atoms with Crippen molar-refractivity contribution >= 4 is 29.2 Å². The highest BCUT2D eigenvalue weighted by Gasteiger charge is 2.29. The Morgan fingerprint density at radius 2 is 1.77 bits per heavy atom. The standard InChI is InChI=1S/C25H34N4O5S/c1-4-33-23(30)13-26-25(32)29-20-8-6-5-7-19(20)28-24(31)21-15-35-22(27-21)14-34-18-11-9-17(10-12-18)16(2)3/h9-12,15-16,19-20H,4-8,13-14H2,1-3H3,(H,28,31)(H2,26,29,32)/t19-,20-/m0/s1. The molecule has 3 N–H and O–H groups in total. The van der Waals surface area contributed by atoms with E-state index in [0.29, 0.717) is 16.6 Å². The van der Waals surface area contributed by atoms with E-state index in [2.05, 4.69) is 34.8 Å². The van der Waals surface area contributed by atoms with Gasteiger partial charge in [0, 0.05) is 11.4 Å². The summed E-state index contributed by atoms with van der Waals surface area (Å²) >= 11 is 1.37. The first-order valence-electron chi connectivity index (χ1n) is 12.0. The van der Waals surface area contributed by atoms with Crippen LogP contribution < -0.4 is 20.7 Å². The minimum absolute atomic E-state index is 0.199. The second-order valence-corrected chi connectivity index (χ2v) is 9.68. The molecule has 0 spiro atoms. The number of benzene rings is 1. The summed E-state index contributed by atoms with van der Waals surface area (Å²) in [5.41, 5.74) is 1.58. The van der Waals surface area contributed by atoms with Crippen LogP contribution in [0.5, 0.6) is 5.75 Å². The fraction of sp³-hybridized carbons (Fsp3) is 0.520. The molecule has 3 rings (SSSR count). The molecule has 1 aliphatic rings. The van der Waals surface area contributed by atoms with E-state index in [4.69, 9.17) is 9.47 Å². The summed E-state index contributed by atoms with van der Waals surface area (Å²) in [6, 6.07) is 7.07. The SMILES string of the molecule is CCOC(=O)CNC(=O)N[C@H]1CCCC[C@@H]1NC(=O)c1csc(COc2ccc(C(C)C)cc2)n1. The zero-order valence-corrected chi connectivity index (χ0v) is 21.3. The van der Waals surface area contributed by atoms with Gasteiger partial charge in [-0.05, 0) is 43.4 Å². The fourth-order valence-electron chi connectivity index (χ4n) is 3.88. The molecule has 1 heterocycles. The first kappa shape index (κ1) is 26.5. The maximum absolute atomic E-state index is 12.8. The first-order chi connectivity index (χ1) is 16.9. The van der Waals surface area contributed by atoms with Crippen LogP contribution in [0.2, 0.25) is 0 Å². The molecule has 10 heteroatoms. The van der Waals surface area contributed by atoms with Crippen molar-refractivity contribution in [2.24, 2.45) is 0 Å². The molecule has 0 saturated heterocycles. The highest BCUT2D eigenvalue weighted by Crippen LogP contribution is 2.21. The van der Waals surface area contributed by atoms with Crippen molar-refractivity contribution in [2.45, 2.75) is 71.1 Å². The Labute approximate surface area is 210 Å². The summed E-state index contributed by atoms with van der Waals surface area (Å²) in [6.07, 6.45) is 3.40. The van der Waals surface area contributed by atoms with Gasteiger partial charge in [-0.25, -0.2) is 9.78 Å². The van der Waals surface area contributed by atoms with Gasteiger partial charge in [0.15, 0.2) is 0 Å². The number of rotatable bonds is 10. The summed E-state index contributed by atoms with van der Waals surface area (Å²) in [5, 5.41) is 10.8. The summed E-state index contributed by atoms with van der Waals surface area (Å²) in [6.45, 7) is 6.34. The van der Waals surface area contributed by atoms with Gasteiger partial charge in [-0.2, -0.15) is 0 Å². The van der Waals surface area contributed by atoms with Gasteiger partial charge in [-0.1, -0.05) is 38.8 Å². The van der Waals surface area contributed by atoms with Crippen molar-refractivity contribution in [3.8, 4) is 5.75 Å². The van der Waals surface area contributed by atoms with E-state index in [0.717, 1.165) is 31.4 Å². The van der Waals surface area contributed by atoms with Crippen LogP contribution in [-0.2, 0) is 16.1 Å². The molecule has 3 amide bonds. The molecule has 190 valence electrons. The quantitative estimate of drug-likeness (QED) is 0.426. The lowest BCUT2D eigenvalue weighted by Gasteiger charge is -2.32. The molecule has 2 aromatic rings. The summed E-state index contributed by atoms with van der Waals surface area (Å²) < 4.78 is 10.6. The predicted molar refractivity (Wildman–Crippen MR) is 134 cm³/mol. The van der Waals surface area contributed by atoms with Gasteiger partial charge in [0.25, 0.3) is 5.91 Å². The van der Waals surface area contributed by atoms with E-state index in [1.54, 1.807) is 12.3 Å². The molecule has 0 radical (unpaired) electrons. The van der Waals surface area contributed by atoms with Gasteiger partial charge in [0.2, 0.25) is 0 Å². The summed E-state index contributed by atoms with van der Waals surface area (Å²) in [5.74, 6) is 0.446. The number of amides is 3. The number of nitrogens with zero attached hydrogens (tertiary/aromatic N) is 1. The van der Waals surface area contributed by atoms with Crippen LogP contribution in [0.1, 0.15) is 73.4 Å². The molecule has 1 fully saturated rings. The van der Waals surface area contributed by atoms with E-state index in [9.17, 15) is 14.4 Å². The van der Waals surface area contributed by atoms with Crippen LogP contribution >= 0.6 is 11.3 Å². The van der Waals surface area contributed by atoms with E-state index in [1.807, 2.05) is 24.3 Å². The molecular formula is C25H34N4O5S. The second kappa shape index (κ2) is 13.1. The van der Waals surface area contributed by atoms with Gasteiger partial charge < -0.3 is 25.4 Å². The number of ether oxygens (including phenoxy) is 2. The third-order valence-electron chi connectivity index (χ3n) is 5.79. The molecule has 0 aliphatic heterocycles. The lowest BCUT2D eigenvalue weighted by Crippen LogP contribution is -2.55. The molecule has 9 nitrogen and oxygen atoms in total. The molecule has 1 saturated carbocycles. The summed E-state index contributed by atoms with van der Waals surface area (Å²) in [7, 11) is 0. The minimum Gasteiger partial charge on any atom is -0.486 e. The van der Waals surface area contributed by atoms with Gasteiger partial charge in [-0.15, -0.1) is 11.3 Å². The Hall–Kier alpha value is -3.14. The highest BCUT2D eigenvalue weighted by molar-refractivity contribution is 7.09. The van der Waals surface area contributed by atoms with E-state index in [-0.39, 0.29) is 37.7 Å². The molecule has 1 aliphatic carbocycles. The van der Waals surface area contributed by atoms with Crippen molar-refractivity contribution in [3.05, 3.63) is 45.9 Å². The first-order valence-corrected chi connectivity index (χ1v) is 12.9. The highest BCUT2D eigenvalue weighted by atomic mass is 32.1. The lowest BCUT2D eigenvalue weighted by atomic mass is 9.90. The van der Waals surface area contributed by atoms with Crippen LogP contribution in [0.3, 0.4) is 0 Å². The second-order valence-electron chi connectivity index (χ2n) is 8.74. The Morgan fingerprint density at radius 1 is 1.09 bits per heavy atom. The van der Waals surface area contributed by atoms with E-state index >= 15 is 0 Å². The normalized spacial score (nSPS) is 17.5. The molecule has 0 unspecified atom stereocenters. The van der Waals surface area contributed by atoms with Crippen LogP contribution in [0, 0.1) is 0 Å². The Kier molecular flexibility index (Phi) is 9.89. The van der Waals surface area contributed by atoms with Crippen molar-refractivity contribution in [1.82, 2.24) is 20.9 Å². The predicted octanol–water partition coefficient (Wildman–Crippen LogP) is 3.75. The number of nitrogens with one attached hydrogen (secondary N) is 3. The van der Waals surface area contributed by atoms with Gasteiger partial charge in [0.05, 0.1) is 12.6 Å². The van der Waals surface area contributed by atoms with Gasteiger partial charge >= 0.3 is 12.0 Å². The average molecular weight is 503 g/mol. The molecule has 1 aromatic carbocycles. The van der Waals surface area contributed by atoms with Crippen molar-refractivity contribution < 1.29 is 23.9 Å². The van der Waals surface area contributed by atoms with E-state index in [1.165, 1.54) is 16.9 Å². The Balaban J connectivity index is 1.49. The lowest BCUT2D eigenvalue weighted by molar-refractivity contribution is -0.141. The number of hydrogen-bond donors (Lipinski definition) is 3. The monoisotopic (exact) mass is 502 g/mol. The van der Waals surface area contributed by atoms with Crippen LogP contribution in [0.25, 0.3) is 0 Å². The molecule has 35 heavy (non-hydrogen) atoms. The number of aromatic nitrogens is 1. The van der Waals surface area contributed by atoms with Crippen molar-refractivity contribution in [3.63, 3.8) is 0 Å². The fourth-order valence-corrected chi connectivity index (χ4v) is 4.56. The molecule has 1 aromatic heterocycles. The summed E-state index contributed by atoms with van der Waals surface area (Å²) in [4.78, 5) is 40.9. The van der Waals surface area contributed by atoms with Crippen molar-refractivity contribution in [1.29, 1.82) is 0 Å². The van der Waals surface area contributed by atoms with Crippen LogP contribution in [-0.4, -0.2) is 48.1 Å². The number of esters is 1. The average Bonchev–Trinajstić information content (AvgIpc) is 3.32. The molecular weight excluding hydrogens is 468 g/mol. The zero-order chi connectivity index (χ0) is 25.2. The Morgan fingerprint density at radius 3 is 2.43 bits per heavy atom. The minimum atomic E-state index is -0.493. The molecule has 0 bridgehead atoms. The maximum Gasteiger partial charge on any atom is 0.325 e. The zero-order valence-electron chi connectivity index (χ0n) is 20.5. The number of urea groups is 1. The maximum atomic E-state index is 12.8. The third-order valence-corrected chi connectivity index (χ3v) is 6.61. The number of hydrogen-bond acceptors (Lipinski definition) is 7. The van der Waals surface area contributed by atoms with E-state index < -0.39 is 12.0 Å². The van der Waals surface area contributed by atoms with Gasteiger partial charge in [-0.3, -0.25) is 9.59 Å². The number of carbonyl (C=O) groups excluding carboxylic acids is 3. The smallest absolute Gasteiger partial charge is 0.325 e. The van der Waals surface area contributed by atoms with Crippen molar-refractivity contribution in [2.75, 3.05) is 13.2 Å². The third kappa shape index (κ3) is 8.24. The number of carbonyl (C=O) groups is 3. The number of thiazole rings is 1. The van der Waals surface area contributed by atoms with Gasteiger partial charge in [0.1, 0.15) is 29.6 Å². The topological polar surface area (TPSA) is 119 Å². The largest absolute Gasteiger partial charge is 0.486 e. The van der Waals surface area contributed by atoms with Crippen LogP contribution in [0.15, 0.2) is 29.6 Å². The molecule has 2 atom stereocenters. The Bertz CT molecular complexity index is 992. The van der Waals surface area contributed by atoms with Crippen LogP contribution in [0.4, 0.5) is 4.79 Å².